The lowest BCUT2D eigenvalue weighted by molar-refractivity contribution is -0.126. The first-order valence-corrected chi connectivity index (χ1v) is 17.9. The Bertz CT molecular complexity index is 1760. The summed E-state index contributed by atoms with van der Waals surface area (Å²) in [7, 11) is 1.24. The number of alkyl carbamates (subject to hydrolysis) is 1. The number of pyridine rings is 2. The van der Waals surface area contributed by atoms with Crippen molar-refractivity contribution >= 4 is 29.7 Å². The fourth-order valence-electron chi connectivity index (χ4n) is 6.10. The van der Waals surface area contributed by atoms with E-state index in [1.807, 2.05) is 60.7 Å². The number of hydrogen-bond acceptors (Lipinski definition) is 9. The molecule has 0 aliphatic carbocycles. The minimum absolute atomic E-state index is 0.0338. The van der Waals surface area contributed by atoms with E-state index in [9.17, 15) is 24.3 Å². The van der Waals surface area contributed by atoms with E-state index in [0.29, 0.717) is 11.3 Å². The van der Waals surface area contributed by atoms with Crippen molar-refractivity contribution in [2.75, 3.05) is 12.0 Å². The molecule has 5 unspecified atom stereocenters. The first-order valence-electron chi connectivity index (χ1n) is 17.9. The molecule has 0 spiro atoms. The number of aliphatic hydroxyl groups excluding tert-OH is 1. The normalized spacial score (nSPS) is 13.9. The van der Waals surface area contributed by atoms with Gasteiger partial charge in [0.05, 0.1) is 37.2 Å². The van der Waals surface area contributed by atoms with Crippen molar-refractivity contribution in [3.8, 4) is 0 Å². The van der Waals surface area contributed by atoms with Gasteiger partial charge < -0.3 is 30.5 Å². The molecule has 13 heteroatoms. The first-order chi connectivity index (χ1) is 26.0. The second-order valence-corrected chi connectivity index (χ2v) is 13.6. The summed E-state index contributed by atoms with van der Waals surface area (Å²) in [5.74, 6) is -1.83. The Morgan fingerprint density at radius 1 is 0.685 bits per heavy atom. The summed E-state index contributed by atoms with van der Waals surface area (Å²) in [6.07, 6.45) is 3.72. The summed E-state index contributed by atoms with van der Waals surface area (Å²) in [6, 6.07) is 21.5. The van der Waals surface area contributed by atoms with Crippen LogP contribution >= 0.6 is 0 Å². The molecule has 4 amide bonds. The van der Waals surface area contributed by atoms with E-state index >= 15 is 0 Å². The molecule has 0 radical (unpaired) electrons. The highest BCUT2D eigenvalue weighted by atomic mass is 16.5. The standard InChI is InChI=1S/C41H50N6O7/c1-27(2)35(46-40(51)54-26-31-18-12-20-42-24-31)38(49)44-33(22-29-14-8-6-9-15-29)37(48)34(23-30-16-10-7-11-17-30)45-39(50)36(28(3)4)47(41(52)53-5)32-19-13-21-43-25-32/h6-21,24-25,27-28,33-37,48H,22-23,26H2,1-5H3,(H,44,49)(H,45,50)(H,46,51). The number of amides is 4. The molecule has 2 heterocycles. The molecule has 4 N–H and O–H groups in total. The maximum Gasteiger partial charge on any atom is 0.414 e. The van der Waals surface area contributed by atoms with Crippen LogP contribution < -0.4 is 20.9 Å². The van der Waals surface area contributed by atoms with Crippen LogP contribution in [0, 0.1) is 11.8 Å². The van der Waals surface area contributed by atoms with Gasteiger partial charge in [0, 0.05) is 24.2 Å². The molecule has 54 heavy (non-hydrogen) atoms. The third-order valence-electron chi connectivity index (χ3n) is 8.87. The van der Waals surface area contributed by atoms with Crippen molar-refractivity contribution in [1.29, 1.82) is 0 Å². The Kier molecular flexibility index (Phi) is 15.5. The van der Waals surface area contributed by atoms with Gasteiger partial charge in [0.1, 0.15) is 18.7 Å². The average Bonchev–Trinajstić information content (AvgIpc) is 3.18. The lowest BCUT2D eigenvalue weighted by atomic mass is 9.91. The number of hydrogen-bond donors (Lipinski definition) is 4. The monoisotopic (exact) mass is 738 g/mol. The van der Waals surface area contributed by atoms with Crippen LogP contribution in [0.2, 0.25) is 0 Å². The predicted molar refractivity (Wildman–Crippen MR) is 204 cm³/mol. The van der Waals surface area contributed by atoms with Crippen LogP contribution in [0.15, 0.2) is 110 Å². The minimum atomic E-state index is -1.35. The first kappa shape index (κ1) is 40.9. The largest absolute Gasteiger partial charge is 0.452 e. The molecule has 286 valence electrons. The molecule has 4 rings (SSSR count). The van der Waals surface area contributed by atoms with E-state index in [1.165, 1.54) is 18.2 Å². The summed E-state index contributed by atoms with van der Waals surface area (Å²) in [6.45, 7) is 7.15. The summed E-state index contributed by atoms with van der Waals surface area (Å²) in [4.78, 5) is 63.8. The van der Waals surface area contributed by atoms with Gasteiger partial charge in [-0.1, -0.05) is 94.4 Å². The summed E-state index contributed by atoms with van der Waals surface area (Å²) in [5.41, 5.74) is 2.69. The Hall–Kier alpha value is -5.82. The topological polar surface area (TPSA) is 172 Å². The van der Waals surface area contributed by atoms with E-state index in [4.69, 9.17) is 9.47 Å². The highest BCUT2D eigenvalue weighted by Gasteiger charge is 2.39. The van der Waals surface area contributed by atoms with Crippen LogP contribution in [0.3, 0.4) is 0 Å². The zero-order chi connectivity index (χ0) is 39.0. The minimum Gasteiger partial charge on any atom is -0.452 e. The van der Waals surface area contributed by atoms with Gasteiger partial charge in [-0.05, 0) is 54.0 Å². The van der Waals surface area contributed by atoms with Crippen LogP contribution in [-0.4, -0.2) is 76.5 Å². The molecule has 0 saturated carbocycles. The van der Waals surface area contributed by atoms with Crippen molar-refractivity contribution < 1.29 is 33.8 Å². The number of carbonyl (C=O) groups is 4. The van der Waals surface area contributed by atoms with E-state index < -0.39 is 60.2 Å². The molecular formula is C41H50N6O7. The van der Waals surface area contributed by atoms with Crippen molar-refractivity contribution in [2.24, 2.45) is 11.8 Å². The van der Waals surface area contributed by atoms with Gasteiger partial charge >= 0.3 is 12.2 Å². The number of rotatable bonds is 17. The molecule has 0 saturated heterocycles. The quantitative estimate of drug-likeness (QED) is 0.118. The van der Waals surface area contributed by atoms with Gasteiger partial charge in [-0.3, -0.25) is 24.5 Å². The number of benzene rings is 2. The molecule has 2 aromatic carbocycles. The third kappa shape index (κ3) is 11.9. The lowest BCUT2D eigenvalue weighted by Crippen LogP contribution is -2.61. The maximum atomic E-state index is 14.4. The zero-order valence-electron chi connectivity index (χ0n) is 31.3. The molecule has 0 aliphatic rings. The molecule has 2 aromatic heterocycles. The second kappa shape index (κ2) is 20.4. The highest BCUT2D eigenvalue weighted by molar-refractivity contribution is 5.97. The van der Waals surface area contributed by atoms with Crippen LogP contribution in [0.5, 0.6) is 0 Å². The van der Waals surface area contributed by atoms with Crippen molar-refractivity contribution in [3.05, 3.63) is 126 Å². The third-order valence-corrected chi connectivity index (χ3v) is 8.87. The van der Waals surface area contributed by atoms with Crippen LogP contribution in [0.1, 0.15) is 44.4 Å². The van der Waals surface area contributed by atoms with E-state index in [1.54, 1.807) is 70.6 Å². The summed E-state index contributed by atoms with van der Waals surface area (Å²) in [5, 5.41) is 20.9. The number of methoxy groups -OCH3 is 1. The number of carbonyl (C=O) groups excluding carboxylic acids is 4. The molecule has 13 nitrogen and oxygen atoms in total. The Labute approximate surface area is 316 Å². The fraction of sp³-hybridized carbons (Fsp3) is 0.366. The number of ether oxygens (including phenoxy) is 2. The van der Waals surface area contributed by atoms with Gasteiger partial charge in [0.2, 0.25) is 11.8 Å². The van der Waals surface area contributed by atoms with Gasteiger partial charge in [0.25, 0.3) is 0 Å². The SMILES string of the molecule is COC(=O)N(c1cccnc1)C(C(=O)NC(Cc1ccccc1)C(O)C(Cc1ccccc1)NC(=O)C(NC(=O)OCc1cccnc1)C(C)C)C(C)C. The molecule has 0 fully saturated rings. The van der Waals surface area contributed by atoms with Gasteiger partial charge in [-0.25, -0.2) is 9.59 Å². The second-order valence-electron chi connectivity index (χ2n) is 13.6. The Morgan fingerprint density at radius 2 is 1.22 bits per heavy atom. The van der Waals surface area contributed by atoms with Crippen molar-refractivity contribution in [3.63, 3.8) is 0 Å². The van der Waals surface area contributed by atoms with Crippen LogP contribution in [-0.2, 0) is 38.5 Å². The van der Waals surface area contributed by atoms with Crippen LogP contribution in [0.25, 0.3) is 0 Å². The maximum absolute atomic E-state index is 14.4. The van der Waals surface area contributed by atoms with Gasteiger partial charge in [0.15, 0.2) is 0 Å². The number of nitrogens with one attached hydrogen (secondary N) is 3. The zero-order valence-corrected chi connectivity index (χ0v) is 31.3. The molecule has 4 aromatic rings. The van der Waals surface area contributed by atoms with Crippen molar-refractivity contribution in [1.82, 2.24) is 25.9 Å². The molecular weight excluding hydrogens is 688 g/mol. The lowest BCUT2D eigenvalue weighted by Gasteiger charge is -2.36. The number of anilines is 1. The van der Waals surface area contributed by atoms with Crippen molar-refractivity contribution in [2.45, 2.75) is 77.4 Å². The predicted octanol–water partition coefficient (Wildman–Crippen LogP) is 4.84. The number of nitrogens with zero attached hydrogens (tertiary/aromatic N) is 3. The fourth-order valence-corrected chi connectivity index (χ4v) is 6.10. The molecule has 0 bridgehead atoms. The van der Waals surface area contributed by atoms with Gasteiger partial charge in [-0.15, -0.1) is 0 Å². The van der Waals surface area contributed by atoms with Gasteiger partial charge in [-0.2, -0.15) is 0 Å². The van der Waals surface area contributed by atoms with Crippen LogP contribution in [0.4, 0.5) is 15.3 Å². The highest BCUT2D eigenvalue weighted by Crippen LogP contribution is 2.23. The summed E-state index contributed by atoms with van der Waals surface area (Å²) >= 11 is 0. The average molecular weight is 739 g/mol. The number of aromatic nitrogens is 2. The Balaban J connectivity index is 1.64. The summed E-state index contributed by atoms with van der Waals surface area (Å²) < 4.78 is 10.5. The van der Waals surface area contributed by atoms with E-state index in [-0.39, 0.29) is 25.4 Å². The van der Waals surface area contributed by atoms with E-state index in [2.05, 4.69) is 25.9 Å². The molecule has 5 atom stereocenters. The number of aliphatic hydroxyl groups is 1. The Morgan fingerprint density at radius 3 is 1.70 bits per heavy atom. The molecule has 0 aliphatic heterocycles. The van der Waals surface area contributed by atoms with E-state index in [0.717, 1.165) is 11.1 Å². The smallest absolute Gasteiger partial charge is 0.414 e.